The van der Waals surface area contributed by atoms with Gasteiger partial charge in [-0.1, -0.05) is 30.3 Å². The summed E-state index contributed by atoms with van der Waals surface area (Å²) < 4.78 is 0. The van der Waals surface area contributed by atoms with E-state index < -0.39 is 0 Å². The number of hydrogen-bond donors (Lipinski definition) is 1. The molecule has 3 rings (SSSR count). The summed E-state index contributed by atoms with van der Waals surface area (Å²) in [5, 5.41) is 2.83. The van der Waals surface area contributed by atoms with Crippen LogP contribution in [0, 0.1) is 0 Å². The Labute approximate surface area is 122 Å². The molecule has 0 spiro atoms. The average Bonchev–Trinajstić information content (AvgIpc) is 3.08. The number of carbonyl (C=O) groups excluding carboxylic acids is 1. The highest BCUT2D eigenvalue weighted by molar-refractivity contribution is 7.09. The Morgan fingerprint density at radius 2 is 2.20 bits per heavy atom. The maximum Gasteiger partial charge on any atom is 0.273 e. The van der Waals surface area contributed by atoms with E-state index in [1.54, 1.807) is 16.2 Å². The van der Waals surface area contributed by atoms with Crippen LogP contribution < -0.4 is 5.73 Å². The summed E-state index contributed by atoms with van der Waals surface area (Å²) in [7, 11) is 0. The number of likely N-dealkylation sites (tertiary alicyclic amines) is 1. The standard InChI is InChI=1S/C15H17N3OS/c16-12-6-7-18(9-12)15(19)13-10-20-14(17-13)8-11-4-2-1-3-5-11/h1-5,10,12H,6-9,16H2/t12-/m1/s1. The molecule has 2 heterocycles. The van der Waals surface area contributed by atoms with E-state index in [9.17, 15) is 4.79 Å². The number of aromatic nitrogens is 1. The summed E-state index contributed by atoms with van der Waals surface area (Å²) in [6, 6.07) is 10.3. The molecule has 1 aliphatic rings. The molecule has 2 aromatic rings. The van der Waals surface area contributed by atoms with E-state index in [0.717, 1.165) is 24.4 Å². The molecule has 0 bridgehead atoms. The van der Waals surface area contributed by atoms with Gasteiger partial charge >= 0.3 is 0 Å². The van der Waals surface area contributed by atoms with Crippen molar-refractivity contribution >= 4 is 17.2 Å². The molecule has 1 amide bonds. The van der Waals surface area contributed by atoms with Gasteiger partial charge in [-0.15, -0.1) is 11.3 Å². The van der Waals surface area contributed by atoms with E-state index in [1.165, 1.54) is 5.56 Å². The zero-order valence-corrected chi connectivity index (χ0v) is 12.0. The highest BCUT2D eigenvalue weighted by atomic mass is 32.1. The fourth-order valence-corrected chi connectivity index (χ4v) is 3.20. The number of rotatable bonds is 3. The van der Waals surface area contributed by atoms with Crippen molar-refractivity contribution in [3.8, 4) is 0 Å². The molecule has 1 aromatic carbocycles. The van der Waals surface area contributed by atoms with Crippen molar-refractivity contribution in [2.75, 3.05) is 13.1 Å². The number of carbonyl (C=O) groups is 1. The Morgan fingerprint density at radius 1 is 1.40 bits per heavy atom. The smallest absolute Gasteiger partial charge is 0.273 e. The first-order valence-corrected chi connectivity index (χ1v) is 7.63. The molecule has 4 nitrogen and oxygen atoms in total. The fraction of sp³-hybridized carbons (Fsp3) is 0.333. The molecule has 0 radical (unpaired) electrons. The summed E-state index contributed by atoms with van der Waals surface area (Å²) in [5.41, 5.74) is 7.60. The molecule has 0 unspecified atom stereocenters. The maximum absolute atomic E-state index is 12.3. The Balaban J connectivity index is 1.69. The summed E-state index contributed by atoms with van der Waals surface area (Å²) in [6.07, 6.45) is 1.66. The van der Waals surface area contributed by atoms with Crippen LogP contribution in [0.4, 0.5) is 0 Å². The zero-order valence-electron chi connectivity index (χ0n) is 11.2. The first-order chi connectivity index (χ1) is 9.72. The third-order valence-corrected chi connectivity index (χ3v) is 4.33. The summed E-state index contributed by atoms with van der Waals surface area (Å²) in [5.74, 6) is 0.00788. The van der Waals surface area contributed by atoms with Gasteiger partial charge in [-0.3, -0.25) is 4.79 Å². The monoisotopic (exact) mass is 287 g/mol. The molecule has 20 heavy (non-hydrogen) atoms. The molecular weight excluding hydrogens is 270 g/mol. The van der Waals surface area contributed by atoms with E-state index in [0.29, 0.717) is 12.2 Å². The van der Waals surface area contributed by atoms with Crippen molar-refractivity contribution in [1.82, 2.24) is 9.88 Å². The lowest BCUT2D eigenvalue weighted by atomic mass is 10.2. The van der Waals surface area contributed by atoms with E-state index >= 15 is 0 Å². The molecule has 5 heteroatoms. The van der Waals surface area contributed by atoms with Gasteiger partial charge in [0.1, 0.15) is 5.69 Å². The molecule has 1 atom stereocenters. The van der Waals surface area contributed by atoms with Crippen LogP contribution in [0.5, 0.6) is 0 Å². The van der Waals surface area contributed by atoms with E-state index in [2.05, 4.69) is 17.1 Å². The second kappa shape index (κ2) is 5.73. The zero-order chi connectivity index (χ0) is 13.9. The summed E-state index contributed by atoms with van der Waals surface area (Å²) in [6.45, 7) is 1.38. The summed E-state index contributed by atoms with van der Waals surface area (Å²) in [4.78, 5) is 18.5. The van der Waals surface area contributed by atoms with Gasteiger partial charge in [0.05, 0.1) is 5.01 Å². The van der Waals surface area contributed by atoms with Gasteiger partial charge < -0.3 is 10.6 Å². The predicted molar refractivity (Wildman–Crippen MR) is 79.9 cm³/mol. The van der Waals surface area contributed by atoms with Crippen LogP contribution in [-0.2, 0) is 6.42 Å². The largest absolute Gasteiger partial charge is 0.336 e. The molecule has 1 fully saturated rings. The summed E-state index contributed by atoms with van der Waals surface area (Å²) >= 11 is 1.54. The highest BCUT2D eigenvalue weighted by Crippen LogP contribution is 2.18. The lowest BCUT2D eigenvalue weighted by Gasteiger charge is -2.13. The van der Waals surface area contributed by atoms with Gasteiger partial charge in [-0.25, -0.2) is 4.98 Å². The van der Waals surface area contributed by atoms with E-state index in [1.807, 2.05) is 23.6 Å². The van der Waals surface area contributed by atoms with Crippen LogP contribution in [0.2, 0.25) is 0 Å². The van der Waals surface area contributed by atoms with Crippen LogP contribution in [0.1, 0.15) is 27.5 Å². The van der Waals surface area contributed by atoms with Crippen molar-refractivity contribution in [3.63, 3.8) is 0 Å². The number of benzene rings is 1. The topological polar surface area (TPSA) is 59.2 Å². The number of nitrogens with zero attached hydrogens (tertiary/aromatic N) is 2. The fourth-order valence-electron chi connectivity index (χ4n) is 2.39. The number of amides is 1. The molecule has 104 valence electrons. The molecule has 1 saturated heterocycles. The minimum atomic E-state index is 0.00788. The molecular formula is C15H17N3OS. The Hall–Kier alpha value is -1.72. The molecule has 0 saturated carbocycles. The average molecular weight is 287 g/mol. The van der Waals surface area contributed by atoms with Gasteiger partial charge in [0.2, 0.25) is 0 Å². The lowest BCUT2D eigenvalue weighted by molar-refractivity contribution is 0.0785. The van der Waals surface area contributed by atoms with Crippen LogP contribution in [0.15, 0.2) is 35.7 Å². The third-order valence-electron chi connectivity index (χ3n) is 3.48. The maximum atomic E-state index is 12.3. The molecule has 0 aliphatic carbocycles. The van der Waals surface area contributed by atoms with Crippen LogP contribution in [-0.4, -0.2) is 34.9 Å². The van der Waals surface area contributed by atoms with Crippen LogP contribution in [0.3, 0.4) is 0 Å². The highest BCUT2D eigenvalue weighted by Gasteiger charge is 2.25. The van der Waals surface area contributed by atoms with Gasteiger partial charge in [0.25, 0.3) is 5.91 Å². The van der Waals surface area contributed by atoms with Crippen molar-refractivity contribution in [2.45, 2.75) is 18.9 Å². The van der Waals surface area contributed by atoms with E-state index in [-0.39, 0.29) is 11.9 Å². The van der Waals surface area contributed by atoms with Gasteiger partial charge in [-0.05, 0) is 12.0 Å². The van der Waals surface area contributed by atoms with Crippen molar-refractivity contribution in [2.24, 2.45) is 5.73 Å². The van der Waals surface area contributed by atoms with Crippen LogP contribution >= 0.6 is 11.3 Å². The van der Waals surface area contributed by atoms with Crippen molar-refractivity contribution in [1.29, 1.82) is 0 Å². The quantitative estimate of drug-likeness (QED) is 0.938. The van der Waals surface area contributed by atoms with Gasteiger partial charge in [-0.2, -0.15) is 0 Å². The first-order valence-electron chi connectivity index (χ1n) is 6.75. The molecule has 1 aromatic heterocycles. The lowest BCUT2D eigenvalue weighted by Crippen LogP contribution is -2.32. The van der Waals surface area contributed by atoms with Crippen molar-refractivity contribution < 1.29 is 4.79 Å². The first kappa shape index (κ1) is 13.3. The Morgan fingerprint density at radius 3 is 2.90 bits per heavy atom. The van der Waals surface area contributed by atoms with Crippen molar-refractivity contribution in [3.05, 3.63) is 52.0 Å². The normalized spacial score (nSPS) is 18.4. The number of hydrogen-bond acceptors (Lipinski definition) is 4. The Bertz CT molecular complexity index is 596. The van der Waals surface area contributed by atoms with Gasteiger partial charge in [0.15, 0.2) is 0 Å². The Kier molecular flexibility index (Phi) is 3.80. The molecule has 1 aliphatic heterocycles. The molecule has 2 N–H and O–H groups in total. The third kappa shape index (κ3) is 2.89. The predicted octanol–water partition coefficient (Wildman–Crippen LogP) is 1.91. The SMILES string of the molecule is N[C@@H]1CCN(C(=O)c2csc(Cc3ccccc3)n2)C1. The second-order valence-electron chi connectivity index (χ2n) is 5.09. The number of nitrogens with two attached hydrogens (primary N) is 1. The van der Waals surface area contributed by atoms with Gasteiger partial charge in [0, 0.05) is 30.9 Å². The van der Waals surface area contributed by atoms with Crippen LogP contribution in [0.25, 0.3) is 0 Å². The van der Waals surface area contributed by atoms with E-state index in [4.69, 9.17) is 5.73 Å². The minimum absolute atomic E-state index is 0.00788. The minimum Gasteiger partial charge on any atom is -0.336 e. The number of thiazole rings is 1. The second-order valence-corrected chi connectivity index (χ2v) is 6.03.